The number of hydrogen-bond acceptors (Lipinski definition) is 10. The van der Waals surface area contributed by atoms with Crippen molar-refractivity contribution in [1.29, 1.82) is 0 Å². The zero-order chi connectivity index (χ0) is 27.9. The first kappa shape index (κ1) is 29.0. The van der Waals surface area contributed by atoms with E-state index in [1.54, 1.807) is 32.2 Å². The van der Waals surface area contributed by atoms with Gasteiger partial charge in [-0.2, -0.15) is 4.99 Å². The second kappa shape index (κ2) is 13.4. The Morgan fingerprint density at radius 3 is 2.67 bits per heavy atom. The van der Waals surface area contributed by atoms with Gasteiger partial charge in [0, 0.05) is 18.5 Å². The summed E-state index contributed by atoms with van der Waals surface area (Å²) in [5.41, 5.74) is 2.65. The number of amides is 2. The van der Waals surface area contributed by atoms with Gasteiger partial charge in [0.25, 0.3) is 5.91 Å². The molecule has 0 saturated carbocycles. The van der Waals surface area contributed by atoms with E-state index in [-0.39, 0.29) is 29.9 Å². The molecule has 4 rings (SSSR count). The summed E-state index contributed by atoms with van der Waals surface area (Å²) < 4.78 is 17.9. The number of nitrogens with zero attached hydrogens (tertiary/aromatic N) is 2. The molecule has 0 spiro atoms. The molecule has 1 aliphatic carbocycles. The predicted octanol–water partition coefficient (Wildman–Crippen LogP) is 3.66. The number of rotatable bonds is 11. The van der Waals surface area contributed by atoms with Crippen LogP contribution in [-0.2, 0) is 43.2 Å². The molecule has 0 unspecified atom stereocenters. The number of esters is 2. The third-order valence-corrected chi connectivity index (χ3v) is 9.12. The van der Waals surface area contributed by atoms with E-state index >= 15 is 0 Å². The van der Waals surface area contributed by atoms with Crippen molar-refractivity contribution in [3.05, 3.63) is 44.6 Å². The molecule has 0 radical (unpaired) electrons. The van der Waals surface area contributed by atoms with E-state index in [0.717, 1.165) is 51.7 Å². The van der Waals surface area contributed by atoms with E-state index in [4.69, 9.17) is 14.2 Å². The average Bonchev–Trinajstić information content (AvgIpc) is 3.59. The number of hydrogen-bond donors (Lipinski definition) is 1. The molecule has 2 amide bonds. The number of anilines is 1. The average molecular weight is 592 g/mol. The van der Waals surface area contributed by atoms with Gasteiger partial charge in [0.15, 0.2) is 4.80 Å². The number of thiazole rings is 1. The summed E-state index contributed by atoms with van der Waals surface area (Å²) in [6.45, 7) is 2.92. The maximum absolute atomic E-state index is 12.7. The van der Waals surface area contributed by atoms with E-state index in [1.807, 2.05) is 4.57 Å². The van der Waals surface area contributed by atoms with E-state index in [0.29, 0.717) is 34.1 Å². The molecular weight excluding hydrogens is 563 g/mol. The number of thioether (sulfide) groups is 1. The van der Waals surface area contributed by atoms with Gasteiger partial charge in [0.2, 0.25) is 5.91 Å². The van der Waals surface area contributed by atoms with E-state index in [9.17, 15) is 19.2 Å². The Kier molecular flexibility index (Phi) is 9.94. The molecule has 1 aromatic carbocycles. The van der Waals surface area contributed by atoms with Crippen LogP contribution in [0.3, 0.4) is 0 Å². The predicted molar refractivity (Wildman–Crippen MR) is 152 cm³/mol. The highest BCUT2D eigenvalue weighted by Crippen LogP contribution is 2.39. The van der Waals surface area contributed by atoms with Crippen molar-refractivity contribution in [2.45, 2.75) is 32.7 Å². The summed E-state index contributed by atoms with van der Waals surface area (Å²) in [6.07, 6.45) is 2.67. The minimum absolute atomic E-state index is 0.00478. The lowest BCUT2D eigenvalue weighted by molar-refractivity contribution is -0.115. The van der Waals surface area contributed by atoms with Crippen molar-refractivity contribution in [2.24, 2.45) is 4.99 Å². The number of benzene rings is 1. The first-order valence-electron chi connectivity index (χ1n) is 12.3. The number of nitrogens with one attached hydrogen (secondary N) is 1. The van der Waals surface area contributed by atoms with Crippen LogP contribution < -0.4 is 10.1 Å². The molecule has 0 atom stereocenters. The molecule has 13 heteroatoms. The van der Waals surface area contributed by atoms with Crippen LogP contribution in [0.4, 0.5) is 5.00 Å². The van der Waals surface area contributed by atoms with Crippen LogP contribution in [0.25, 0.3) is 10.2 Å². The van der Waals surface area contributed by atoms with Gasteiger partial charge in [-0.15, -0.1) is 23.1 Å². The largest absolute Gasteiger partial charge is 0.465 e. The third-order valence-electron chi connectivity index (χ3n) is 5.96. The van der Waals surface area contributed by atoms with Gasteiger partial charge < -0.3 is 24.1 Å². The molecule has 0 fully saturated rings. The van der Waals surface area contributed by atoms with Crippen LogP contribution >= 0.6 is 34.4 Å². The highest BCUT2D eigenvalue weighted by Gasteiger charge is 2.28. The molecule has 39 heavy (non-hydrogen) atoms. The summed E-state index contributed by atoms with van der Waals surface area (Å²) >= 11 is 3.85. The van der Waals surface area contributed by atoms with E-state index in [1.165, 1.54) is 29.8 Å². The minimum Gasteiger partial charge on any atom is -0.465 e. The molecule has 1 N–H and O–H groups in total. The molecule has 2 aromatic heterocycles. The number of ether oxygens (including phenoxy) is 3. The van der Waals surface area contributed by atoms with Crippen LogP contribution in [0.5, 0.6) is 0 Å². The van der Waals surface area contributed by atoms with Crippen molar-refractivity contribution >= 4 is 73.4 Å². The fourth-order valence-electron chi connectivity index (χ4n) is 4.24. The van der Waals surface area contributed by atoms with E-state index in [2.05, 4.69) is 10.3 Å². The number of carbonyl (C=O) groups is 4. The molecule has 208 valence electrons. The number of aromatic nitrogens is 1. The fraction of sp³-hybridized carbons (Fsp3) is 0.423. The number of methoxy groups -OCH3 is 2. The van der Waals surface area contributed by atoms with Crippen molar-refractivity contribution in [2.75, 3.05) is 44.3 Å². The van der Waals surface area contributed by atoms with Gasteiger partial charge in [-0.3, -0.25) is 9.59 Å². The molecule has 0 bridgehead atoms. The Balaban J connectivity index is 1.43. The monoisotopic (exact) mass is 591 g/mol. The minimum atomic E-state index is -0.453. The highest BCUT2D eigenvalue weighted by atomic mass is 32.2. The topological polar surface area (TPSA) is 125 Å². The smallest absolute Gasteiger partial charge is 0.341 e. The Hall–Kier alpha value is -3.00. The van der Waals surface area contributed by atoms with Crippen molar-refractivity contribution < 1.29 is 33.4 Å². The lowest BCUT2D eigenvalue weighted by atomic mass is 10.1. The SMILES string of the molecule is CCOC(=O)c1ccc2c(c1)sc(=NC(=O)CSCC(=O)Nc1sc3c(c1C(=O)OC)CCC3)n2CCOC. The standard InChI is InChI=1S/C26H29N3O7S3/c1-4-36-24(32)15-8-9-17-19(12-15)39-26(29(17)10-11-34-2)28-21(31)14-37-13-20(30)27-23-22(25(33)35-3)16-6-5-7-18(16)38-23/h8-9,12H,4-7,10-11,13-14H2,1-3H3,(H,27,30). The van der Waals surface area contributed by atoms with Gasteiger partial charge in [-0.1, -0.05) is 11.3 Å². The highest BCUT2D eigenvalue weighted by molar-refractivity contribution is 8.00. The van der Waals surface area contributed by atoms with Crippen molar-refractivity contribution in [3.63, 3.8) is 0 Å². The van der Waals surface area contributed by atoms with Crippen LogP contribution in [0.2, 0.25) is 0 Å². The first-order valence-corrected chi connectivity index (χ1v) is 15.1. The van der Waals surface area contributed by atoms with Crippen LogP contribution in [0.1, 0.15) is 44.5 Å². The van der Waals surface area contributed by atoms with Gasteiger partial charge in [0.05, 0.1) is 53.2 Å². The Labute approximate surface area is 237 Å². The Bertz CT molecular complexity index is 1470. The van der Waals surface area contributed by atoms with Crippen LogP contribution in [0, 0.1) is 0 Å². The summed E-state index contributed by atoms with van der Waals surface area (Å²) in [6, 6.07) is 5.22. The summed E-state index contributed by atoms with van der Waals surface area (Å²) in [7, 11) is 2.92. The van der Waals surface area contributed by atoms with Crippen LogP contribution in [0.15, 0.2) is 23.2 Å². The van der Waals surface area contributed by atoms with Crippen LogP contribution in [-0.4, -0.2) is 67.3 Å². The molecule has 10 nitrogen and oxygen atoms in total. The molecule has 0 saturated heterocycles. The zero-order valence-electron chi connectivity index (χ0n) is 21.9. The lowest BCUT2D eigenvalue weighted by Gasteiger charge is -2.07. The third kappa shape index (κ3) is 6.78. The molecule has 3 aromatic rings. The lowest BCUT2D eigenvalue weighted by Crippen LogP contribution is -2.20. The molecule has 0 aliphatic heterocycles. The summed E-state index contributed by atoms with van der Waals surface area (Å²) in [4.78, 5) is 55.6. The number of fused-ring (bicyclic) bond motifs is 2. The normalized spacial score (nSPS) is 12.9. The van der Waals surface area contributed by atoms with Gasteiger partial charge in [-0.05, 0) is 49.9 Å². The Morgan fingerprint density at radius 2 is 1.92 bits per heavy atom. The quantitative estimate of drug-likeness (QED) is 0.335. The maximum Gasteiger partial charge on any atom is 0.341 e. The molecule has 1 aliphatic rings. The zero-order valence-corrected chi connectivity index (χ0v) is 24.3. The van der Waals surface area contributed by atoms with Gasteiger partial charge in [0.1, 0.15) is 5.00 Å². The second-order valence-corrected chi connectivity index (χ2v) is 11.6. The van der Waals surface area contributed by atoms with Gasteiger partial charge in [-0.25, -0.2) is 9.59 Å². The number of carbonyl (C=O) groups excluding carboxylic acids is 4. The first-order chi connectivity index (χ1) is 18.9. The molecule has 2 heterocycles. The summed E-state index contributed by atoms with van der Waals surface area (Å²) in [5.74, 6) is -1.52. The van der Waals surface area contributed by atoms with Gasteiger partial charge >= 0.3 is 11.9 Å². The Morgan fingerprint density at radius 1 is 1.10 bits per heavy atom. The number of aryl methyl sites for hydroxylation is 1. The maximum atomic E-state index is 12.7. The summed E-state index contributed by atoms with van der Waals surface area (Å²) in [5, 5.41) is 3.31. The van der Waals surface area contributed by atoms with Crippen molar-refractivity contribution in [3.8, 4) is 0 Å². The number of thiophene rings is 1. The molecular formula is C26H29N3O7S3. The second-order valence-electron chi connectivity index (χ2n) is 8.53. The van der Waals surface area contributed by atoms with Crippen molar-refractivity contribution in [1.82, 2.24) is 4.57 Å². The fourth-order valence-corrected chi connectivity index (χ4v) is 7.25. The van der Waals surface area contributed by atoms with E-state index < -0.39 is 11.9 Å².